The molecule has 3 rings (SSSR count). The molecule has 0 saturated carbocycles. The predicted molar refractivity (Wildman–Crippen MR) is 94.0 cm³/mol. The van der Waals surface area contributed by atoms with Crippen LogP contribution in [0.4, 0.5) is 5.69 Å². The summed E-state index contributed by atoms with van der Waals surface area (Å²) in [6.07, 6.45) is 0.0790. The molecule has 1 aliphatic rings. The van der Waals surface area contributed by atoms with E-state index in [9.17, 15) is 14.4 Å². The summed E-state index contributed by atoms with van der Waals surface area (Å²) in [4.78, 5) is 37.3. The van der Waals surface area contributed by atoms with Gasteiger partial charge in [0.25, 0.3) is 0 Å². The van der Waals surface area contributed by atoms with Crippen molar-refractivity contribution in [1.82, 2.24) is 0 Å². The molecule has 128 valence electrons. The van der Waals surface area contributed by atoms with Gasteiger partial charge in [-0.25, -0.2) is 0 Å². The van der Waals surface area contributed by atoms with Crippen molar-refractivity contribution in [2.45, 2.75) is 13.3 Å². The Hall–Kier alpha value is -2.66. The molecular weight excluding hydrogens is 342 g/mol. The molecule has 25 heavy (non-hydrogen) atoms. The highest BCUT2D eigenvalue weighted by atomic mass is 35.5. The quantitative estimate of drug-likeness (QED) is 0.477. The summed E-state index contributed by atoms with van der Waals surface area (Å²) in [6.45, 7) is 1.70. The summed E-state index contributed by atoms with van der Waals surface area (Å²) in [5, 5.41) is 0.463. The van der Waals surface area contributed by atoms with Crippen molar-refractivity contribution in [3.8, 4) is 5.75 Å². The van der Waals surface area contributed by atoms with Crippen molar-refractivity contribution in [2.75, 3.05) is 11.4 Å². The number of halogens is 1. The molecule has 1 fully saturated rings. The SMILES string of the molecule is CC(=O)c1ccc(OC(=O)[C@@H]2CC(=O)N(c3ccccc3Cl)C2)cc1. The van der Waals surface area contributed by atoms with E-state index in [4.69, 9.17) is 16.3 Å². The normalized spacial score (nSPS) is 16.8. The summed E-state index contributed by atoms with van der Waals surface area (Å²) in [5.41, 5.74) is 1.14. The van der Waals surface area contributed by atoms with E-state index in [-0.39, 0.29) is 24.7 Å². The third-order valence-electron chi connectivity index (χ3n) is 4.08. The van der Waals surface area contributed by atoms with Gasteiger partial charge in [-0.3, -0.25) is 14.4 Å². The van der Waals surface area contributed by atoms with Crippen LogP contribution in [0.5, 0.6) is 5.75 Å². The Labute approximate surface area is 150 Å². The second kappa shape index (κ2) is 7.07. The fraction of sp³-hybridized carbons (Fsp3) is 0.211. The number of Topliss-reactive ketones (excluding diaryl/α,β-unsaturated/α-hetero) is 1. The van der Waals surface area contributed by atoms with E-state index in [0.717, 1.165) is 0 Å². The number of carbonyl (C=O) groups excluding carboxylic acids is 3. The number of hydrogen-bond acceptors (Lipinski definition) is 4. The van der Waals surface area contributed by atoms with E-state index < -0.39 is 11.9 Å². The molecule has 2 aromatic carbocycles. The number of carbonyl (C=O) groups is 3. The summed E-state index contributed by atoms with van der Waals surface area (Å²) in [5.74, 6) is -0.912. The van der Waals surface area contributed by atoms with Crippen LogP contribution in [0, 0.1) is 5.92 Å². The van der Waals surface area contributed by atoms with Crippen LogP contribution < -0.4 is 9.64 Å². The van der Waals surface area contributed by atoms with E-state index in [0.29, 0.717) is 22.0 Å². The van der Waals surface area contributed by atoms with Gasteiger partial charge in [-0.2, -0.15) is 0 Å². The third kappa shape index (κ3) is 3.72. The molecule has 5 nitrogen and oxygen atoms in total. The van der Waals surface area contributed by atoms with Crippen LogP contribution in [0.25, 0.3) is 0 Å². The molecule has 0 aliphatic carbocycles. The van der Waals surface area contributed by atoms with E-state index in [1.807, 2.05) is 0 Å². The summed E-state index contributed by atoms with van der Waals surface area (Å²) < 4.78 is 5.33. The fourth-order valence-corrected chi connectivity index (χ4v) is 2.96. The molecule has 0 spiro atoms. The van der Waals surface area contributed by atoms with Crippen molar-refractivity contribution in [2.24, 2.45) is 5.92 Å². The number of anilines is 1. The predicted octanol–water partition coefficient (Wildman–Crippen LogP) is 3.50. The highest BCUT2D eigenvalue weighted by molar-refractivity contribution is 6.33. The van der Waals surface area contributed by atoms with Gasteiger partial charge in [-0.05, 0) is 43.3 Å². The number of ketones is 1. The van der Waals surface area contributed by atoms with E-state index in [2.05, 4.69) is 0 Å². The van der Waals surface area contributed by atoms with E-state index >= 15 is 0 Å². The molecule has 1 heterocycles. The fourth-order valence-electron chi connectivity index (χ4n) is 2.73. The Kier molecular flexibility index (Phi) is 4.86. The van der Waals surface area contributed by atoms with Gasteiger partial charge in [-0.15, -0.1) is 0 Å². The lowest BCUT2D eigenvalue weighted by Crippen LogP contribution is -2.27. The standard InChI is InChI=1S/C19H16ClNO4/c1-12(22)13-6-8-15(9-7-13)25-19(24)14-10-18(23)21(11-14)17-5-3-2-4-16(17)20/h2-9,14H,10-11H2,1H3/t14-/m1/s1. The highest BCUT2D eigenvalue weighted by Crippen LogP contribution is 2.31. The molecule has 0 N–H and O–H groups in total. The maximum atomic E-state index is 12.3. The van der Waals surface area contributed by atoms with Crippen molar-refractivity contribution < 1.29 is 19.1 Å². The smallest absolute Gasteiger partial charge is 0.316 e. The lowest BCUT2D eigenvalue weighted by atomic mass is 10.1. The molecular formula is C19H16ClNO4. The first kappa shape index (κ1) is 17.2. The Balaban J connectivity index is 1.68. The Morgan fingerprint density at radius 3 is 2.44 bits per heavy atom. The van der Waals surface area contributed by atoms with Gasteiger partial charge >= 0.3 is 5.97 Å². The van der Waals surface area contributed by atoms with Crippen molar-refractivity contribution in [3.63, 3.8) is 0 Å². The molecule has 6 heteroatoms. The Bertz CT molecular complexity index is 832. The number of esters is 1. The number of rotatable bonds is 4. The van der Waals surface area contributed by atoms with E-state index in [1.165, 1.54) is 11.8 Å². The second-order valence-corrected chi connectivity index (χ2v) is 6.27. The van der Waals surface area contributed by atoms with Gasteiger partial charge in [0, 0.05) is 18.5 Å². The highest BCUT2D eigenvalue weighted by Gasteiger charge is 2.37. The van der Waals surface area contributed by atoms with Crippen LogP contribution in [0.15, 0.2) is 48.5 Å². The van der Waals surface area contributed by atoms with Crippen molar-refractivity contribution >= 4 is 34.9 Å². The van der Waals surface area contributed by atoms with Gasteiger partial charge < -0.3 is 9.64 Å². The first-order valence-corrected chi connectivity index (χ1v) is 8.21. The molecule has 0 aromatic heterocycles. The van der Waals surface area contributed by atoms with Gasteiger partial charge in [0.1, 0.15) is 5.75 Å². The molecule has 0 bridgehead atoms. The van der Waals surface area contributed by atoms with Crippen LogP contribution in [-0.2, 0) is 9.59 Å². The van der Waals surface area contributed by atoms with Gasteiger partial charge in [0.15, 0.2) is 5.78 Å². The molecule has 2 aromatic rings. The average molecular weight is 358 g/mol. The number of ether oxygens (including phenoxy) is 1. The molecule has 0 radical (unpaired) electrons. The topological polar surface area (TPSA) is 63.7 Å². The second-order valence-electron chi connectivity index (χ2n) is 5.86. The minimum atomic E-state index is -0.559. The van der Waals surface area contributed by atoms with Crippen LogP contribution in [0.2, 0.25) is 5.02 Å². The number of hydrogen-bond donors (Lipinski definition) is 0. The lowest BCUT2D eigenvalue weighted by molar-refractivity contribution is -0.139. The van der Waals surface area contributed by atoms with Crippen molar-refractivity contribution in [1.29, 1.82) is 0 Å². The van der Waals surface area contributed by atoms with Gasteiger partial charge in [-0.1, -0.05) is 23.7 Å². The van der Waals surface area contributed by atoms with E-state index in [1.54, 1.807) is 48.5 Å². The van der Waals surface area contributed by atoms with Crippen molar-refractivity contribution in [3.05, 3.63) is 59.1 Å². The zero-order valence-electron chi connectivity index (χ0n) is 13.6. The maximum Gasteiger partial charge on any atom is 0.316 e. The summed E-state index contributed by atoms with van der Waals surface area (Å²) >= 11 is 6.13. The number of nitrogens with zero attached hydrogens (tertiary/aromatic N) is 1. The molecule has 1 amide bonds. The number of benzene rings is 2. The monoisotopic (exact) mass is 357 g/mol. The molecule has 1 aliphatic heterocycles. The number of amides is 1. The van der Waals surface area contributed by atoms with Crippen LogP contribution in [0.3, 0.4) is 0 Å². The zero-order valence-corrected chi connectivity index (χ0v) is 14.3. The first-order chi connectivity index (χ1) is 12.0. The molecule has 0 unspecified atom stereocenters. The van der Waals surface area contributed by atoms with Crippen LogP contribution in [0.1, 0.15) is 23.7 Å². The van der Waals surface area contributed by atoms with Gasteiger partial charge in [0.05, 0.1) is 16.6 Å². The third-order valence-corrected chi connectivity index (χ3v) is 4.40. The Morgan fingerprint density at radius 2 is 1.80 bits per heavy atom. The number of para-hydroxylation sites is 1. The van der Waals surface area contributed by atoms with Gasteiger partial charge in [0.2, 0.25) is 5.91 Å². The molecule has 1 saturated heterocycles. The van der Waals surface area contributed by atoms with Crippen LogP contribution >= 0.6 is 11.6 Å². The zero-order chi connectivity index (χ0) is 18.0. The summed E-state index contributed by atoms with van der Waals surface area (Å²) in [6, 6.07) is 13.3. The lowest BCUT2D eigenvalue weighted by Gasteiger charge is -2.17. The first-order valence-electron chi connectivity index (χ1n) is 7.83. The minimum Gasteiger partial charge on any atom is -0.426 e. The molecule has 1 atom stereocenters. The Morgan fingerprint density at radius 1 is 1.12 bits per heavy atom. The average Bonchev–Trinajstić information content (AvgIpc) is 2.97. The maximum absolute atomic E-state index is 12.3. The summed E-state index contributed by atoms with van der Waals surface area (Å²) in [7, 11) is 0. The van der Waals surface area contributed by atoms with Crippen LogP contribution in [-0.4, -0.2) is 24.2 Å². The minimum absolute atomic E-state index is 0.0605. The largest absolute Gasteiger partial charge is 0.426 e.